The number of fused-ring (bicyclic) bond motifs is 1. The van der Waals surface area contributed by atoms with Crippen molar-refractivity contribution in [2.75, 3.05) is 7.05 Å². The molecule has 2 aliphatic rings. The number of rotatable bonds is 4. The van der Waals surface area contributed by atoms with E-state index in [1.165, 1.54) is 25.7 Å². The maximum absolute atomic E-state index is 13.7. The second-order valence-corrected chi connectivity index (χ2v) is 5.88. The van der Waals surface area contributed by atoms with Crippen LogP contribution in [0.25, 0.3) is 0 Å². The molecule has 1 aromatic carbocycles. The highest BCUT2D eigenvalue weighted by Gasteiger charge is 2.53. The number of halogens is 1. The maximum Gasteiger partial charge on any atom is 0.126 e. The third-order valence-corrected chi connectivity index (χ3v) is 4.96. The third kappa shape index (κ3) is 2.18. The van der Waals surface area contributed by atoms with Gasteiger partial charge in [-0.1, -0.05) is 31.0 Å². The molecule has 98 valence electrons. The van der Waals surface area contributed by atoms with Gasteiger partial charge >= 0.3 is 0 Å². The van der Waals surface area contributed by atoms with Crippen molar-refractivity contribution >= 4 is 0 Å². The Kier molecular flexibility index (Phi) is 3.38. The van der Waals surface area contributed by atoms with Gasteiger partial charge in [-0.05, 0) is 55.7 Å². The van der Waals surface area contributed by atoms with Crippen molar-refractivity contribution in [3.63, 3.8) is 0 Å². The molecule has 2 saturated carbocycles. The molecular formula is C16H22FN. The molecular weight excluding hydrogens is 225 g/mol. The average molecular weight is 247 g/mol. The minimum atomic E-state index is -0.0543. The lowest BCUT2D eigenvalue weighted by molar-refractivity contribution is 0.451. The van der Waals surface area contributed by atoms with E-state index in [4.69, 9.17) is 0 Å². The molecule has 2 heteroatoms. The summed E-state index contributed by atoms with van der Waals surface area (Å²) < 4.78 is 13.7. The topological polar surface area (TPSA) is 12.0 Å². The molecule has 0 heterocycles. The molecule has 0 aliphatic heterocycles. The van der Waals surface area contributed by atoms with E-state index in [2.05, 4.69) is 5.32 Å². The number of likely N-dealkylation sites (N-methyl/N-ethyl adjacent to an activating group) is 1. The summed E-state index contributed by atoms with van der Waals surface area (Å²) in [5.74, 6) is 2.57. The van der Waals surface area contributed by atoms with Crippen LogP contribution in [-0.2, 0) is 6.42 Å². The minimum Gasteiger partial charge on any atom is -0.316 e. The number of benzene rings is 1. The average Bonchev–Trinajstić information content (AvgIpc) is 3.12. The first kappa shape index (κ1) is 12.2. The Bertz CT molecular complexity index is 405. The van der Waals surface area contributed by atoms with Crippen LogP contribution >= 0.6 is 0 Å². The van der Waals surface area contributed by atoms with Gasteiger partial charge in [-0.25, -0.2) is 4.39 Å². The highest BCUT2D eigenvalue weighted by molar-refractivity contribution is 5.20. The molecule has 0 amide bonds. The van der Waals surface area contributed by atoms with Crippen LogP contribution in [-0.4, -0.2) is 13.1 Å². The summed E-state index contributed by atoms with van der Waals surface area (Å²) >= 11 is 0. The summed E-state index contributed by atoms with van der Waals surface area (Å²) in [6.45, 7) is 0. The summed E-state index contributed by atoms with van der Waals surface area (Å²) in [5, 5.41) is 3.43. The van der Waals surface area contributed by atoms with Crippen molar-refractivity contribution in [3.05, 3.63) is 35.6 Å². The Morgan fingerprint density at radius 2 is 1.89 bits per heavy atom. The minimum absolute atomic E-state index is 0.0543. The van der Waals surface area contributed by atoms with E-state index in [-0.39, 0.29) is 5.82 Å². The van der Waals surface area contributed by atoms with E-state index in [0.717, 1.165) is 29.7 Å². The van der Waals surface area contributed by atoms with Crippen molar-refractivity contribution in [1.82, 2.24) is 5.32 Å². The Balaban J connectivity index is 1.69. The normalized spacial score (nSPS) is 31.8. The van der Waals surface area contributed by atoms with Crippen LogP contribution in [0.2, 0.25) is 0 Å². The molecule has 1 N–H and O–H groups in total. The van der Waals surface area contributed by atoms with Gasteiger partial charge in [0.2, 0.25) is 0 Å². The van der Waals surface area contributed by atoms with E-state index in [0.29, 0.717) is 6.04 Å². The monoisotopic (exact) mass is 247 g/mol. The highest BCUT2D eigenvalue weighted by atomic mass is 19.1. The van der Waals surface area contributed by atoms with Crippen molar-refractivity contribution in [2.24, 2.45) is 17.8 Å². The van der Waals surface area contributed by atoms with Crippen LogP contribution in [0.4, 0.5) is 4.39 Å². The largest absolute Gasteiger partial charge is 0.316 e. The zero-order valence-corrected chi connectivity index (χ0v) is 11.0. The molecule has 0 spiro atoms. The Labute approximate surface area is 109 Å². The van der Waals surface area contributed by atoms with Crippen LogP contribution in [0, 0.1) is 23.6 Å². The van der Waals surface area contributed by atoms with Crippen LogP contribution in [0.1, 0.15) is 31.2 Å². The Morgan fingerprint density at radius 3 is 2.50 bits per heavy atom. The Morgan fingerprint density at radius 1 is 1.22 bits per heavy atom. The fourth-order valence-electron chi connectivity index (χ4n) is 3.98. The summed E-state index contributed by atoms with van der Waals surface area (Å²) in [6.07, 6.45) is 6.41. The molecule has 3 atom stereocenters. The van der Waals surface area contributed by atoms with E-state index in [9.17, 15) is 4.39 Å². The van der Waals surface area contributed by atoms with E-state index < -0.39 is 0 Å². The maximum atomic E-state index is 13.7. The molecule has 0 bridgehead atoms. The summed E-state index contributed by atoms with van der Waals surface area (Å²) in [4.78, 5) is 0. The van der Waals surface area contributed by atoms with Gasteiger partial charge in [0.1, 0.15) is 5.82 Å². The molecule has 0 saturated heterocycles. The molecule has 0 aromatic heterocycles. The summed E-state index contributed by atoms with van der Waals surface area (Å²) in [5.41, 5.74) is 0.862. The molecule has 1 aromatic rings. The van der Waals surface area contributed by atoms with Gasteiger partial charge in [0.15, 0.2) is 0 Å². The first-order chi connectivity index (χ1) is 8.81. The SMILES string of the molecule is CNC(Cc1ccccc1F)C1C2CCCCC21. The second-order valence-electron chi connectivity index (χ2n) is 5.88. The van der Waals surface area contributed by atoms with Crippen LogP contribution in [0.3, 0.4) is 0 Å². The smallest absolute Gasteiger partial charge is 0.126 e. The van der Waals surface area contributed by atoms with Crippen LogP contribution in [0.15, 0.2) is 24.3 Å². The lowest BCUT2D eigenvalue weighted by Crippen LogP contribution is -2.31. The van der Waals surface area contributed by atoms with Gasteiger partial charge in [0, 0.05) is 6.04 Å². The van der Waals surface area contributed by atoms with Crippen molar-refractivity contribution in [1.29, 1.82) is 0 Å². The molecule has 3 unspecified atom stereocenters. The van der Waals surface area contributed by atoms with E-state index in [1.807, 2.05) is 19.2 Å². The molecule has 18 heavy (non-hydrogen) atoms. The van der Waals surface area contributed by atoms with Crippen molar-refractivity contribution < 1.29 is 4.39 Å². The van der Waals surface area contributed by atoms with Gasteiger partial charge in [-0.2, -0.15) is 0 Å². The summed E-state index contributed by atoms with van der Waals surface area (Å²) in [7, 11) is 2.02. The standard InChI is InChI=1S/C16H22FN/c1-18-15(10-11-6-2-5-9-14(11)17)16-12-7-3-4-8-13(12)16/h2,5-6,9,12-13,15-16,18H,3-4,7-8,10H2,1H3. The molecule has 1 nitrogen and oxygen atoms in total. The molecule has 2 aliphatic carbocycles. The van der Waals surface area contributed by atoms with Crippen LogP contribution < -0.4 is 5.32 Å². The lowest BCUT2D eigenvalue weighted by atomic mass is 9.99. The predicted octanol–water partition coefficient (Wildman–Crippen LogP) is 3.39. The highest BCUT2D eigenvalue weighted by Crippen LogP contribution is 2.57. The first-order valence-corrected chi connectivity index (χ1v) is 7.22. The van der Waals surface area contributed by atoms with Gasteiger partial charge < -0.3 is 5.32 Å². The van der Waals surface area contributed by atoms with Gasteiger partial charge in [0.05, 0.1) is 0 Å². The van der Waals surface area contributed by atoms with Crippen LogP contribution in [0.5, 0.6) is 0 Å². The quantitative estimate of drug-likeness (QED) is 0.860. The predicted molar refractivity (Wildman–Crippen MR) is 71.9 cm³/mol. The molecule has 3 rings (SSSR count). The summed E-state index contributed by atoms with van der Waals surface area (Å²) in [6, 6.07) is 7.65. The number of hydrogen-bond donors (Lipinski definition) is 1. The molecule has 2 fully saturated rings. The first-order valence-electron chi connectivity index (χ1n) is 7.22. The Hall–Kier alpha value is -0.890. The lowest BCUT2D eigenvalue weighted by Gasteiger charge is -2.17. The zero-order chi connectivity index (χ0) is 12.5. The van der Waals surface area contributed by atoms with E-state index in [1.54, 1.807) is 12.1 Å². The second kappa shape index (κ2) is 5.00. The van der Waals surface area contributed by atoms with Crippen molar-refractivity contribution in [3.8, 4) is 0 Å². The fourth-order valence-corrected chi connectivity index (χ4v) is 3.98. The molecule has 0 radical (unpaired) electrons. The third-order valence-electron chi connectivity index (χ3n) is 4.96. The number of hydrogen-bond acceptors (Lipinski definition) is 1. The fraction of sp³-hybridized carbons (Fsp3) is 0.625. The van der Waals surface area contributed by atoms with Gasteiger partial charge in [0.25, 0.3) is 0 Å². The number of nitrogens with one attached hydrogen (secondary N) is 1. The zero-order valence-electron chi connectivity index (χ0n) is 11.0. The van der Waals surface area contributed by atoms with E-state index >= 15 is 0 Å². The van der Waals surface area contributed by atoms with Crippen molar-refractivity contribution in [2.45, 2.75) is 38.1 Å². The van der Waals surface area contributed by atoms with Gasteiger partial charge in [-0.3, -0.25) is 0 Å². The van der Waals surface area contributed by atoms with Gasteiger partial charge in [-0.15, -0.1) is 0 Å².